The van der Waals surface area contributed by atoms with Crippen LogP contribution in [0.25, 0.3) is 0 Å². The lowest BCUT2D eigenvalue weighted by atomic mass is 10.1. The summed E-state index contributed by atoms with van der Waals surface area (Å²) < 4.78 is 36.1. The third-order valence-corrected chi connectivity index (χ3v) is 3.31. The van der Waals surface area contributed by atoms with Gasteiger partial charge in [0.15, 0.2) is 17.7 Å². The number of methoxy groups -OCH3 is 1. The van der Waals surface area contributed by atoms with Crippen LogP contribution in [0.1, 0.15) is 22.8 Å². The number of anilines is 1. The Bertz CT molecular complexity index is 779. The van der Waals surface area contributed by atoms with Gasteiger partial charge in [-0.25, -0.2) is 13.6 Å². The Morgan fingerprint density at radius 1 is 1.12 bits per heavy atom. The summed E-state index contributed by atoms with van der Waals surface area (Å²) in [4.78, 5) is 24.1. The molecule has 0 saturated heterocycles. The lowest BCUT2D eigenvalue weighted by Gasteiger charge is -2.14. The Balaban J connectivity index is 1.99. The summed E-state index contributed by atoms with van der Waals surface area (Å²) >= 11 is 0. The van der Waals surface area contributed by atoms with E-state index >= 15 is 0 Å². The summed E-state index contributed by atoms with van der Waals surface area (Å²) in [7, 11) is 1.54. The molecule has 1 atom stereocenters. The van der Waals surface area contributed by atoms with E-state index in [0.717, 1.165) is 17.7 Å². The molecule has 0 aromatic heterocycles. The fraction of sp³-hybridized carbons (Fsp3) is 0.222. The van der Waals surface area contributed by atoms with E-state index in [1.807, 2.05) is 0 Å². The molecular weight excluding hydrogens is 332 g/mol. The molecule has 0 heterocycles. The average Bonchev–Trinajstić information content (AvgIpc) is 2.58. The fourth-order valence-corrected chi connectivity index (χ4v) is 2.05. The van der Waals surface area contributed by atoms with Crippen LogP contribution in [0.5, 0.6) is 0 Å². The number of ether oxygens (including phenoxy) is 2. The van der Waals surface area contributed by atoms with Gasteiger partial charge >= 0.3 is 5.97 Å². The number of halogens is 2. The molecule has 1 N–H and O–H groups in total. The Hall–Kier alpha value is -2.80. The van der Waals surface area contributed by atoms with Gasteiger partial charge in [0.2, 0.25) is 0 Å². The van der Waals surface area contributed by atoms with Crippen LogP contribution in [0, 0.1) is 11.6 Å². The smallest absolute Gasteiger partial charge is 0.338 e. The molecule has 0 aliphatic carbocycles. The van der Waals surface area contributed by atoms with E-state index in [0.29, 0.717) is 6.61 Å². The molecule has 0 unspecified atom stereocenters. The monoisotopic (exact) mass is 349 g/mol. The minimum absolute atomic E-state index is 0.0638. The Kier molecular flexibility index (Phi) is 6.19. The molecule has 0 spiro atoms. The highest BCUT2D eigenvalue weighted by Gasteiger charge is 2.19. The number of amides is 1. The first-order valence-corrected chi connectivity index (χ1v) is 7.45. The van der Waals surface area contributed by atoms with E-state index < -0.39 is 29.6 Å². The van der Waals surface area contributed by atoms with Gasteiger partial charge in [0.25, 0.3) is 5.91 Å². The van der Waals surface area contributed by atoms with Crippen molar-refractivity contribution in [2.45, 2.75) is 19.6 Å². The number of esters is 1. The van der Waals surface area contributed by atoms with Crippen LogP contribution in [-0.4, -0.2) is 25.1 Å². The largest absolute Gasteiger partial charge is 0.449 e. The van der Waals surface area contributed by atoms with Crippen molar-refractivity contribution in [1.29, 1.82) is 0 Å². The summed E-state index contributed by atoms with van der Waals surface area (Å²) in [5, 5.41) is 2.36. The second-order valence-electron chi connectivity index (χ2n) is 5.30. The highest BCUT2D eigenvalue weighted by molar-refractivity contribution is 5.97. The summed E-state index contributed by atoms with van der Waals surface area (Å²) in [5.41, 5.74) is 1.13. The molecular formula is C18H17F2NO4. The van der Waals surface area contributed by atoms with Crippen molar-refractivity contribution in [3.63, 3.8) is 0 Å². The molecule has 7 heteroatoms. The van der Waals surface area contributed by atoms with E-state index in [-0.39, 0.29) is 11.3 Å². The Morgan fingerprint density at radius 2 is 1.88 bits per heavy atom. The van der Waals surface area contributed by atoms with Crippen LogP contribution in [-0.2, 0) is 20.9 Å². The van der Waals surface area contributed by atoms with E-state index in [9.17, 15) is 18.4 Å². The van der Waals surface area contributed by atoms with Crippen LogP contribution in [0.3, 0.4) is 0 Å². The molecule has 0 aliphatic rings. The van der Waals surface area contributed by atoms with E-state index in [1.165, 1.54) is 20.1 Å². The van der Waals surface area contributed by atoms with Gasteiger partial charge < -0.3 is 14.8 Å². The molecule has 0 bridgehead atoms. The lowest BCUT2D eigenvalue weighted by Crippen LogP contribution is -2.30. The first kappa shape index (κ1) is 18.5. The minimum atomic E-state index is -1.12. The van der Waals surface area contributed by atoms with Crippen molar-refractivity contribution in [3.8, 4) is 0 Å². The average molecular weight is 349 g/mol. The second kappa shape index (κ2) is 8.34. The quantitative estimate of drug-likeness (QED) is 0.813. The van der Waals surface area contributed by atoms with Crippen molar-refractivity contribution in [3.05, 3.63) is 65.2 Å². The van der Waals surface area contributed by atoms with Gasteiger partial charge in [-0.2, -0.15) is 0 Å². The third-order valence-electron chi connectivity index (χ3n) is 3.31. The molecule has 0 radical (unpaired) electrons. The number of benzene rings is 2. The Labute approximate surface area is 143 Å². The first-order valence-electron chi connectivity index (χ1n) is 7.45. The van der Waals surface area contributed by atoms with Gasteiger partial charge in [0.05, 0.1) is 12.2 Å². The number of carbonyl (C=O) groups excluding carboxylic acids is 2. The van der Waals surface area contributed by atoms with Crippen LogP contribution in [0.4, 0.5) is 14.5 Å². The maximum Gasteiger partial charge on any atom is 0.338 e. The van der Waals surface area contributed by atoms with Gasteiger partial charge in [0, 0.05) is 18.9 Å². The zero-order valence-electron chi connectivity index (χ0n) is 13.7. The maximum atomic E-state index is 13.1. The number of nitrogens with one attached hydrogen (secondary N) is 1. The SMILES string of the molecule is COCc1cccc(C(=O)O[C@@H](C)C(=O)Nc2ccc(F)c(F)c2)c1. The second-order valence-corrected chi connectivity index (χ2v) is 5.30. The van der Waals surface area contributed by atoms with Crippen LogP contribution < -0.4 is 5.32 Å². The zero-order valence-corrected chi connectivity index (χ0v) is 13.7. The minimum Gasteiger partial charge on any atom is -0.449 e. The molecule has 0 aliphatic heterocycles. The molecule has 2 aromatic carbocycles. The summed E-state index contributed by atoms with van der Waals surface area (Å²) in [5.74, 6) is -3.44. The van der Waals surface area contributed by atoms with E-state index in [4.69, 9.17) is 9.47 Å². The molecule has 1 amide bonds. The number of hydrogen-bond acceptors (Lipinski definition) is 4. The predicted molar refractivity (Wildman–Crippen MR) is 87.0 cm³/mol. The van der Waals surface area contributed by atoms with E-state index in [1.54, 1.807) is 24.3 Å². The number of carbonyl (C=O) groups is 2. The highest BCUT2D eigenvalue weighted by atomic mass is 19.2. The maximum absolute atomic E-state index is 13.1. The van der Waals surface area contributed by atoms with Gasteiger partial charge in [-0.05, 0) is 36.8 Å². The van der Waals surface area contributed by atoms with Crippen molar-refractivity contribution >= 4 is 17.6 Å². The number of hydrogen-bond donors (Lipinski definition) is 1. The molecule has 2 rings (SSSR count). The van der Waals surface area contributed by atoms with Gasteiger partial charge in [-0.3, -0.25) is 4.79 Å². The lowest BCUT2D eigenvalue weighted by molar-refractivity contribution is -0.123. The van der Waals surface area contributed by atoms with Gasteiger partial charge in [-0.15, -0.1) is 0 Å². The van der Waals surface area contributed by atoms with Crippen LogP contribution >= 0.6 is 0 Å². The fourth-order valence-electron chi connectivity index (χ4n) is 2.05. The van der Waals surface area contributed by atoms with Crippen molar-refractivity contribution < 1.29 is 27.8 Å². The molecule has 2 aromatic rings. The zero-order chi connectivity index (χ0) is 18.4. The van der Waals surface area contributed by atoms with Crippen molar-refractivity contribution in [2.75, 3.05) is 12.4 Å². The van der Waals surface area contributed by atoms with Gasteiger partial charge in [-0.1, -0.05) is 12.1 Å². The Morgan fingerprint density at radius 3 is 2.56 bits per heavy atom. The van der Waals surface area contributed by atoms with Crippen molar-refractivity contribution in [2.24, 2.45) is 0 Å². The topological polar surface area (TPSA) is 64.6 Å². The van der Waals surface area contributed by atoms with Gasteiger partial charge in [0.1, 0.15) is 0 Å². The first-order chi connectivity index (χ1) is 11.9. The van der Waals surface area contributed by atoms with E-state index in [2.05, 4.69) is 5.32 Å². The summed E-state index contributed by atoms with van der Waals surface area (Å²) in [6, 6.07) is 9.57. The van der Waals surface area contributed by atoms with Crippen molar-refractivity contribution in [1.82, 2.24) is 0 Å². The van der Waals surface area contributed by atoms with Crippen LogP contribution in [0.2, 0.25) is 0 Å². The summed E-state index contributed by atoms with van der Waals surface area (Å²) in [6.07, 6.45) is -1.12. The number of rotatable bonds is 6. The molecule has 0 fully saturated rings. The summed E-state index contributed by atoms with van der Waals surface area (Å²) in [6.45, 7) is 1.72. The highest BCUT2D eigenvalue weighted by Crippen LogP contribution is 2.14. The molecule has 132 valence electrons. The molecule has 0 saturated carbocycles. The predicted octanol–water partition coefficient (Wildman–Crippen LogP) is 3.30. The third kappa shape index (κ3) is 5.09. The standard InChI is InChI=1S/C18H17F2NO4/c1-11(17(22)21-14-6-7-15(19)16(20)9-14)25-18(23)13-5-3-4-12(8-13)10-24-2/h3-9,11H,10H2,1-2H3,(H,21,22)/t11-/m0/s1. The normalized spacial score (nSPS) is 11.7. The molecule has 5 nitrogen and oxygen atoms in total. The van der Waals surface area contributed by atoms with Crippen LogP contribution in [0.15, 0.2) is 42.5 Å². The molecule has 25 heavy (non-hydrogen) atoms.